The number of hydrogen-bond acceptors (Lipinski definition) is 7. The minimum absolute atomic E-state index is 0.0113. The molecule has 3 N–H and O–H groups in total. The number of rotatable bonds is 12. The fraction of sp³-hybridized carbons (Fsp3) is 0.515. The van der Waals surface area contributed by atoms with Gasteiger partial charge >= 0.3 is 12.0 Å². The maximum atomic E-state index is 14.0. The first-order chi connectivity index (χ1) is 21.2. The highest BCUT2D eigenvalue weighted by Gasteiger charge is 2.48. The number of unbranched alkanes of at least 4 members (excludes halogenated alkanes) is 1. The van der Waals surface area contributed by atoms with Crippen molar-refractivity contribution in [2.75, 3.05) is 51.3 Å². The molecule has 2 saturated heterocycles. The van der Waals surface area contributed by atoms with Gasteiger partial charge < -0.3 is 25.4 Å². The molecule has 0 aromatic heterocycles. The van der Waals surface area contributed by atoms with Crippen LogP contribution in [-0.2, 0) is 27.3 Å². The van der Waals surface area contributed by atoms with Gasteiger partial charge in [-0.3, -0.25) is 24.2 Å². The van der Waals surface area contributed by atoms with Crippen molar-refractivity contribution in [1.82, 2.24) is 14.7 Å². The number of likely N-dealkylation sites (tertiary alicyclic amines) is 1. The van der Waals surface area contributed by atoms with Gasteiger partial charge in [0.2, 0.25) is 11.8 Å². The molecule has 3 aliphatic heterocycles. The summed E-state index contributed by atoms with van der Waals surface area (Å²) in [4.78, 5) is 58.9. The van der Waals surface area contributed by atoms with E-state index in [0.717, 1.165) is 47.4 Å². The van der Waals surface area contributed by atoms with Crippen LogP contribution in [0.25, 0.3) is 0 Å². The van der Waals surface area contributed by atoms with E-state index >= 15 is 0 Å². The quantitative estimate of drug-likeness (QED) is 0.377. The number of nitrogens with two attached hydrogens (primary N) is 1. The van der Waals surface area contributed by atoms with Crippen molar-refractivity contribution in [1.29, 1.82) is 0 Å². The lowest BCUT2D eigenvalue weighted by Gasteiger charge is -2.34. The molecule has 1 unspecified atom stereocenters. The van der Waals surface area contributed by atoms with Gasteiger partial charge in [-0.05, 0) is 47.7 Å². The van der Waals surface area contributed by atoms with Crippen LogP contribution >= 0.6 is 0 Å². The van der Waals surface area contributed by atoms with E-state index in [4.69, 9.17) is 10.5 Å². The smallest absolute Gasteiger partial charge is 0.326 e. The molecule has 2 aromatic rings. The Morgan fingerprint density at radius 2 is 1.95 bits per heavy atom. The Hall–Kier alpha value is -3.96. The number of carboxylic acids is 1. The van der Waals surface area contributed by atoms with E-state index in [9.17, 15) is 24.3 Å². The largest absolute Gasteiger partial charge is 0.493 e. The Labute approximate surface area is 258 Å². The number of amides is 4. The van der Waals surface area contributed by atoms with E-state index in [1.165, 1.54) is 9.80 Å². The van der Waals surface area contributed by atoms with Gasteiger partial charge in [-0.1, -0.05) is 37.6 Å². The molecule has 236 valence electrons. The summed E-state index contributed by atoms with van der Waals surface area (Å²) in [6.07, 6.45) is 2.96. The lowest BCUT2D eigenvalue weighted by Crippen LogP contribution is -2.52. The average Bonchev–Trinajstić information content (AvgIpc) is 3.63. The molecule has 0 radical (unpaired) electrons. The van der Waals surface area contributed by atoms with Gasteiger partial charge in [0, 0.05) is 70.3 Å². The van der Waals surface area contributed by atoms with Crippen molar-refractivity contribution in [3.05, 3.63) is 59.2 Å². The second kappa shape index (κ2) is 13.8. The van der Waals surface area contributed by atoms with E-state index in [-0.39, 0.29) is 49.7 Å². The molecule has 2 fully saturated rings. The molecule has 3 heterocycles. The highest BCUT2D eigenvalue weighted by Crippen LogP contribution is 2.41. The Morgan fingerprint density at radius 1 is 1.14 bits per heavy atom. The SMILES string of the molecule is CCCCN(C(=O)CN1C[C@H](c2ccc3c(c2)CCO3)C(C(=O)O)[C@@H]1CCN1C(=O)CCN(C)C1=O)c1cccc(CN)c1. The minimum atomic E-state index is -0.960. The molecule has 5 rings (SSSR count). The van der Waals surface area contributed by atoms with Crippen LogP contribution < -0.4 is 15.4 Å². The Bertz CT molecular complexity index is 1400. The van der Waals surface area contributed by atoms with E-state index in [1.807, 2.05) is 47.4 Å². The molecule has 4 amide bonds. The third-order valence-electron chi connectivity index (χ3n) is 9.18. The number of ether oxygens (including phenoxy) is 1. The lowest BCUT2D eigenvalue weighted by atomic mass is 9.83. The molecule has 11 heteroatoms. The predicted octanol–water partition coefficient (Wildman–Crippen LogP) is 3.06. The van der Waals surface area contributed by atoms with E-state index in [0.29, 0.717) is 32.8 Å². The van der Waals surface area contributed by atoms with Crippen LogP contribution in [0.15, 0.2) is 42.5 Å². The molecule has 44 heavy (non-hydrogen) atoms. The molecule has 0 bridgehead atoms. The summed E-state index contributed by atoms with van der Waals surface area (Å²) in [5.74, 6) is -1.74. The zero-order valence-corrected chi connectivity index (χ0v) is 25.6. The molecular formula is C33H43N5O6. The van der Waals surface area contributed by atoms with Crippen LogP contribution in [0, 0.1) is 5.92 Å². The summed E-state index contributed by atoms with van der Waals surface area (Å²) in [5, 5.41) is 10.6. The summed E-state index contributed by atoms with van der Waals surface area (Å²) in [5.41, 5.74) is 9.51. The van der Waals surface area contributed by atoms with Crippen molar-refractivity contribution in [3.63, 3.8) is 0 Å². The number of anilines is 1. The van der Waals surface area contributed by atoms with Crippen molar-refractivity contribution in [2.24, 2.45) is 11.7 Å². The molecule has 0 saturated carbocycles. The highest BCUT2D eigenvalue weighted by molar-refractivity contribution is 5.97. The fourth-order valence-corrected chi connectivity index (χ4v) is 6.74. The summed E-state index contributed by atoms with van der Waals surface area (Å²) in [6, 6.07) is 12.5. The van der Waals surface area contributed by atoms with Gasteiger partial charge in [0.05, 0.1) is 19.1 Å². The summed E-state index contributed by atoms with van der Waals surface area (Å²) >= 11 is 0. The van der Waals surface area contributed by atoms with Crippen molar-refractivity contribution in [2.45, 2.75) is 57.5 Å². The molecular weight excluding hydrogens is 562 g/mol. The standard InChI is InChI=1S/C33H43N5O6/c1-3-4-13-37(25-7-5-6-22(17-25)19-34)30(40)21-36-20-26(23-8-9-28-24(18-23)12-16-44-28)31(32(41)42)27(36)10-15-38-29(39)11-14-35(2)33(38)43/h5-9,17-18,26-27,31H,3-4,10-16,19-21,34H2,1-2H3,(H,41,42)/t26-,27+,31?/m1/s1. The first-order valence-corrected chi connectivity index (χ1v) is 15.6. The lowest BCUT2D eigenvalue weighted by molar-refractivity contribution is -0.143. The van der Waals surface area contributed by atoms with Gasteiger partial charge in [-0.15, -0.1) is 0 Å². The highest BCUT2D eigenvalue weighted by atomic mass is 16.5. The van der Waals surface area contributed by atoms with Crippen LogP contribution in [-0.4, -0.2) is 96.0 Å². The summed E-state index contributed by atoms with van der Waals surface area (Å²) in [6.45, 7) is 4.37. The number of aliphatic carboxylic acids is 1. The second-order valence-corrected chi connectivity index (χ2v) is 12.0. The minimum Gasteiger partial charge on any atom is -0.493 e. The summed E-state index contributed by atoms with van der Waals surface area (Å²) < 4.78 is 5.68. The number of imide groups is 1. The maximum Gasteiger partial charge on any atom is 0.326 e. The number of benzene rings is 2. The monoisotopic (exact) mass is 605 g/mol. The van der Waals surface area contributed by atoms with Gasteiger partial charge in [0.25, 0.3) is 0 Å². The number of carbonyl (C=O) groups excluding carboxylic acids is 3. The Morgan fingerprint density at radius 3 is 2.70 bits per heavy atom. The third-order valence-corrected chi connectivity index (χ3v) is 9.18. The van der Waals surface area contributed by atoms with Gasteiger partial charge in [0.1, 0.15) is 5.75 Å². The number of carbonyl (C=O) groups is 4. The third kappa shape index (κ3) is 6.58. The second-order valence-electron chi connectivity index (χ2n) is 12.0. The number of urea groups is 1. The molecule has 11 nitrogen and oxygen atoms in total. The summed E-state index contributed by atoms with van der Waals surface area (Å²) in [7, 11) is 1.65. The fourth-order valence-electron chi connectivity index (χ4n) is 6.74. The normalized spacial score (nSPS) is 21.8. The van der Waals surface area contributed by atoms with Gasteiger partial charge in [-0.2, -0.15) is 0 Å². The van der Waals surface area contributed by atoms with Crippen LogP contribution in [0.5, 0.6) is 5.75 Å². The maximum absolute atomic E-state index is 14.0. The molecule has 3 atom stereocenters. The van der Waals surface area contributed by atoms with E-state index < -0.39 is 17.9 Å². The van der Waals surface area contributed by atoms with Crippen molar-refractivity contribution in [3.8, 4) is 5.75 Å². The number of nitrogens with zero attached hydrogens (tertiary/aromatic N) is 4. The Balaban J connectivity index is 1.45. The molecule has 2 aromatic carbocycles. The van der Waals surface area contributed by atoms with E-state index in [1.54, 1.807) is 11.9 Å². The number of hydrogen-bond donors (Lipinski definition) is 2. The van der Waals surface area contributed by atoms with Crippen molar-refractivity contribution >= 4 is 29.5 Å². The zero-order chi connectivity index (χ0) is 31.4. The zero-order valence-electron chi connectivity index (χ0n) is 25.6. The van der Waals surface area contributed by atoms with E-state index in [2.05, 4.69) is 6.92 Å². The molecule has 0 spiro atoms. The average molecular weight is 606 g/mol. The first-order valence-electron chi connectivity index (χ1n) is 15.6. The number of carboxylic acid groups (broad SMARTS) is 1. The van der Waals surface area contributed by atoms with Gasteiger partial charge in [-0.25, -0.2) is 4.79 Å². The van der Waals surface area contributed by atoms with Crippen molar-refractivity contribution < 1.29 is 29.0 Å². The van der Waals surface area contributed by atoms with Crippen LogP contribution in [0.2, 0.25) is 0 Å². The predicted molar refractivity (Wildman–Crippen MR) is 165 cm³/mol. The Kier molecular flexibility index (Phi) is 9.85. The van der Waals surface area contributed by atoms with Crippen LogP contribution in [0.3, 0.4) is 0 Å². The van der Waals surface area contributed by atoms with Crippen LogP contribution in [0.4, 0.5) is 10.5 Å². The van der Waals surface area contributed by atoms with Gasteiger partial charge in [0.15, 0.2) is 0 Å². The first kappa shape index (κ1) is 31.5. The number of fused-ring (bicyclic) bond motifs is 1. The van der Waals surface area contributed by atoms with Crippen LogP contribution in [0.1, 0.15) is 55.2 Å². The molecule has 3 aliphatic rings. The molecule has 0 aliphatic carbocycles. The topological polar surface area (TPSA) is 137 Å².